The Hall–Kier alpha value is -2.57. The summed E-state index contributed by atoms with van der Waals surface area (Å²) in [5.41, 5.74) is 0.246. The van der Waals surface area contributed by atoms with E-state index in [0.29, 0.717) is 32.4 Å². The van der Waals surface area contributed by atoms with Crippen LogP contribution in [0.3, 0.4) is 0 Å². The highest BCUT2D eigenvalue weighted by Gasteiger charge is 2.44. The fourth-order valence-corrected chi connectivity index (χ4v) is 3.43. The molecule has 1 aromatic rings. The van der Waals surface area contributed by atoms with Crippen LogP contribution >= 0.6 is 0 Å². The predicted octanol–water partition coefficient (Wildman–Crippen LogP) is 2.15. The van der Waals surface area contributed by atoms with Gasteiger partial charge in [-0.15, -0.1) is 0 Å². The van der Waals surface area contributed by atoms with E-state index in [1.165, 1.54) is 0 Å². The molecule has 0 aliphatic carbocycles. The van der Waals surface area contributed by atoms with Crippen molar-refractivity contribution in [2.75, 3.05) is 32.8 Å². The third-order valence-electron chi connectivity index (χ3n) is 4.65. The van der Waals surface area contributed by atoms with Gasteiger partial charge in [-0.1, -0.05) is 30.3 Å². The minimum Gasteiger partial charge on any atom is -0.466 e. The summed E-state index contributed by atoms with van der Waals surface area (Å²) in [6.07, 6.45) is 1.86. The number of hydrogen-bond acceptors (Lipinski definition) is 5. The molecule has 0 aromatic heterocycles. The molecule has 1 heterocycles. The first-order valence-electron chi connectivity index (χ1n) is 9.40. The van der Waals surface area contributed by atoms with E-state index in [1.54, 1.807) is 18.7 Å². The average molecular weight is 376 g/mol. The van der Waals surface area contributed by atoms with Gasteiger partial charge in [0.25, 0.3) is 0 Å². The second-order valence-corrected chi connectivity index (χ2v) is 6.65. The first kappa shape index (κ1) is 20.7. The topological polar surface area (TPSA) is 84.9 Å². The van der Waals surface area contributed by atoms with Crippen LogP contribution in [0.15, 0.2) is 30.3 Å². The van der Waals surface area contributed by atoms with Gasteiger partial charge >= 0.3 is 18.0 Å². The Morgan fingerprint density at radius 2 is 1.81 bits per heavy atom. The van der Waals surface area contributed by atoms with Crippen LogP contribution in [0.5, 0.6) is 0 Å². The Balaban J connectivity index is 2.10. The van der Waals surface area contributed by atoms with Crippen molar-refractivity contribution in [3.05, 3.63) is 35.9 Å². The van der Waals surface area contributed by atoms with Crippen LogP contribution in [-0.2, 0) is 25.5 Å². The molecule has 1 aromatic carbocycles. The van der Waals surface area contributed by atoms with Gasteiger partial charge in [0.2, 0.25) is 0 Å². The predicted molar refractivity (Wildman–Crippen MR) is 100 cm³/mol. The number of amides is 2. The Bertz CT molecular complexity index is 649. The van der Waals surface area contributed by atoms with Crippen molar-refractivity contribution in [2.24, 2.45) is 5.41 Å². The lowest BCUT2D eigenvalue weighted by Crippen LogP contribution is -2.54. The summed E-state index contributed by atoms with van der Waals surface area (Å²) >= 11 is 0. The summed E-state index contributed by atoms with van der Waals surface area (Å²) in [7, 11) is 0. The highest BCUT2D eigenvalue weighted by atomic mass is 16.5. The number of esters is 2. The average Bonchev–Trinajstić information content (AvgIpc) is 2.67. The van der Waals surface area contributed by atoms with Crippen LogP contribution in [0.1, 0.15) is 32.3 Å². The van der Waals surface area contributed by atoms with Gasteiger partial charge in [0, 0.05) is 13.1 Å². The van der Waals surface area contributed by atoms with Crippen molar-refractivity contribution >= 4 is 18.0 Å². The molecular formula is C20H28N2O5. The van der Waals surface area contributed by atoms with Crippen molar-refractivity contribution in [1.82, 2.24) is 10.2 Å². The first-order valence-corrected chi connectivity index (χ1v) is 9.40. The zero-order valence-corrected chi connectivity index (χ0v) is 16.0. The Labute approximate surface area is 160 Å². The number of nitrogens with zero attached hydrogens (tertiary/aromatic N) is 1. The molecule has 1 atom stereocenters. The first-order chi connectivity index (χ1) is 13.0. The number of rotatable bonds is 7. The van der Waals surface area contributed by atoms with Gasteiger partial charge < -0.3 is 19.7 Å². The maximum Gasteiger partial charge on any atom is 0.325 e. The largest absolute Gasteiger partial charge is 0.466 e. The minimum absolute atomic E-state index is 0.186. The molecule has 7 nitrogen and oxygen atoms in total. The van der Waals surface area contributed by atoms with E-state index < -0.39 is 11.4 Å². The molecule has 0 saturated carbocycles. The number of urea groups is 1. The quantitative estimate of drug-likeness (QED) is 0.737. The number of nitrogens with one attached hydrogen (secondary N) is 1. The number of ether oxygens (including phenoxy) is 2. The third kappa shape index (κ3) is 5.70. The number of likely N-dealkylation sites (tertiary alicyclic amines) is 1. The van der Waals surface area contributed by atoms with Gasteiger partial charge in [0.1, 0.15) is 6.54 Å². The molecule has 2 amide bonds. The molecule has 1 aliphatic rings. The van der Waals surface area contributed by atoms with Crippen molar-refractivity contribution < 1.29 is 23.9 Å². The van der Waals surface area contributed by atoms with Crippen molar-refractivity contribution in [2.45, 2.75) is 33.1 Å². The molecule has 0 spiro atoms. The lowest BCUT2D eigenvalue weighted by molar-refractivity contribution is -0.158. The summed E-state index contributed by atoms with van der Waals surface area (Å²) in [6, 6.07) is 9.36. The summed E-state index contributed by atoms with van der Waals surface area (Å²) in [5.74, 6) is -0.763. The van der Waals surface area contributed by atoms with Crippen molar-refractivity contribution in [3.8, 4) is 0 Å². The zero-order chi connectivity index (χ0) is 19.7. The highest BCUT2D eigenvalue weighted by Crippen LogP contribution is 2.35. The summed E-state index contributed by atoms with van der Waals surface area (Å²) in [6.45, 7) is 4.66. The van der Waals surface area contributed by atoms with Gasteiger partial charge in [0.05, 0.1) is 18.6 Å². The maximum atomic E-state index is 12.8. The lowest BCUT2D eigenvalue weighted by atomic mass is 9.75. The molecule has 0 radical (unpaired) electrons. The van der Waals surface area contributed by atoms with Gasteiger partial charge in [0.15, 0.2) is 0 Å². The smallest absolute Gasteiger partial charge is 0.325 e. The Morgan fingerprint density at radius 1 is 1.11 bits per heavy atom. The fourth-order valence-electron chi connectivity index (χ4n) is 3.43. The van der Waals surface area contributed by atoms with Gasteiger partial charge in [-0.3, -0.25) is 9.59 Å². The Kier molecular flexibility index (Phi) is 7.64. The van der Waals surface area contributed by atoms with Crippen molar-refractivity contribution in [1.29, 1.82) is 0 Å². The molecule has 7 heteroatoms. The lowest BCUT2D eigenvalue weighted by Gasteiger charge is -2.41. The molecule has 2 rings (SSSR count). The van der Waals surface area contributed by atoms with E-state index in [-0.39, 0.29) is 31.7 Å². The molecule has 1 saturated heterocycles. The van der Waals surface area contributed by atoms with E-state index in [4.69, 9.17) is 9.47 Å². The maximum absolute atomic E-state index is 12.8. The molecule has 1 N–H and O–H groups in total. The van der Waals surface area contributed by atoms with E-state index in [2.05, 4.69) is 5.32 Å². The van der Waals surface area contributed by atoms with Crippen LogP contribution in [0, 0.1) is 5.41 Å². The molecule has 1 unspecified atom stereocenters. The third-order valence-corrected chi connectivity index (χ3v) is 4.65. The molecule has 0 bridgehead atoms. The molecular weight excluding hydrogens is 348 g/mol. The van der Waals surface area contributed by atoms with E-state index in [1.807, 2.05) is 30.3 Å². The molecule has 148 valence electrons. The summed E-state index contributed by atoms with van der Waals surface area (Å²) < 4.78 is 10.2. The fraction of sp³-hybridized carbons (Fsp3) is 0.550. The summed E-state index contributed by atoms with van der Waals surface area (Å²) in [4.78, 5) is 38.3. The Morgan fingerprint density at radius 3 is 2.48 bits per heavy atom. The second kappa shape index (κ2) is 9.94. The zero-order valence-electron chi connectivity index (χ0n) is 16.0. The van der Waals surface area contributed by atoms with Crippen LogP contribution in [0.2, 0.25) is 0 Å². The normalized spacial score (nSPS) is 19.3. The molecule has 1 fully saturated rings. The highest BCUT2D eigenvalue weighted by molar-refractivity contribution is 5.83. The van der Waals surface area contributed by atoms with E-state index in [9.17, 15) is 14.4 Å². The van der Waals surface area contributed by atoms with E-state index in [0.717, 1.165) is 5.56 Å². The SMILES string of the molecule is CCOC(=O)CNC(=O)N1CCCC(Cc2ccccc2)(C(=O)OCC)C1. The summed E-state index contributed by atoms with van der Waals surface area (Å²) in [5, 5.41) is 2.57. The number of piperidine rings is 1. The van der Waals surface area contributed by atoms with Crippen molar-refractivity contribution in [3.63, 3.8) is 0 Å². The van der Waals surface area contributed by atoms with Crippen LogP contribution in [0.4, 0.5) is 4.79 Å². The van der Waals surface area contributed by atoms with Gasteiger partial charge in [-0.05, 0) is 38.7 Å². The standard InChI is InChI=1S/C20H28N2O5/c1-3-26-17(23)14-21-19(25)22-12-8-11-20(15-22,18(24)27-4-2)13-16-9-6-5-7-10-16/h5-7,9-10H,3-4,8,11-15H2,1-2H3,(H,21,25). The van der Waals surface area contributed by atoms with Crippen LogP contribution in [0.25, 0.3) is 0 Å². The number of carbonyl (C=O) groups is 3. The number of carbonyl (C=O) groups excluding carboxylic acids is 3. The number of benzene rings is 1. The van der Waals surface area contributed by atoms with Crippen LogP contribution < -0.4 is 5.32 Å². The molecule has 27 heavy (non-hydrogen) atoms. The van der Waals surface area contributed by atoms with Crippen LogP contribution in [-0.4, -0.2) is 55.7 Å². The second-order valence-electron chi connectivity index (χ2n) is 6.65. The monoisotopic (exact) mass is 376 g/mol. The molecule has 1 aliphatic heterocycles. The van der Waals surface area contributed by atoms with Gasteiger partial charge in [-0.2, -0.15) is 0 Å². The number of hydrogen-bond donors (Lipinski definition) is 1. The minimum atomic E-state index is -0.781. The van der Waals surface area contributed by atoms with E-state index >= 15 is 0 Å². The van der Waals surface area contributed by atoms with Gasteiger partial charge in [-0.25, -0.2) is 4.79 Å².